The number of aromatic nitrogens is 2. The number of fused-ring (bicyclic) bond motifs is 1. The van der Waals surface area contributed by atoms with E-state index in [1.54, 1.807) is 12.3 Å². The molecular weight excluding hydrogens is 631 g/mol. The number of piperidine rings is 1. The fourth-order valence-electron chi connectivity index (χ4n) is 6.00. The summed E-state index contributed by atoms with van der Waals surface area (Å²) in [5, 5.41) is 16.8. The van der Waals surface area contributed by atoms with Crippen LogP contribution in [0.15, 0.2) is 79.0 Å². The zero-order chi connectivity index (χ0) is 34.9. The molecule has 1 saturated heterocycles. The van der Waals surface area contributed by atoms with Crippen LogP contribution >= 0.6 is 0 Å². The van der Waals surface area contributed by atoms with Crippen molar-refractivity contribution in [1.82, 2.24) is 9.97 Å². The Bertz CT molecular complexity index is 2010. The van der Waals surface area contributed by atoms with Crippen LogP contribution in [-0.2, 0) is 6.18 Å². The minimum absolute atomic E-state index is 0.0481. The molecule has 0 unspecified atom stereocenters. The van der Waals surface area contributed by atoms with Gasteiger partial charge in [-0.15, -0.1) is 0 Å². The molecule has 0 saturated carbocycles. The number of nitrogens with zero attached hydrogens (tertiary/aromatic N) is 3. The molecule has 11 heteroatoms. The SMILES string of the molecule is Cc1ccc(NC(=O)c2cccc(C(F)(F)F)c2)cc1-c1cc(C)c2nc(Nc3ccc(N4CCC(O)CC4)cc3OC(C)C)ncc2c1. The molecule has 1 aliphatic heterocycles. The normalized spacial score (nSPS) is 13.9. The molecule has 0 aliphatic carbocycles. The van der Waals surface area contributed by atoms with Gasteiger partial charge in [0.1, 0.15) is 5.75 Å². The molecule has 4 aromatic carbocycles. The van der Waals surface area contributed by atoms with E-state index in [1.807, 2.05) is 70.2 Å². The number of hydrogen-bond donors (Lipinski definition) is 3. The predicted octanol–water partition coefficient (Wildman–Crippen LogP) is 8.68. The number of aliphatic hydroxyl groups is 1. The standard InChI is InChI=1S/C38H38F3N5O3/c1-22(2)49-34-20-30(46-14-12-31(47)13-15-46)10-11-33(34)44-37-42-21-27-17-26(16-24(4)35(27)45-37)32-19-29(9-8-23(32)3)43-36(48)25-6-5-7-28(18-25)38(39,40)41/h5-11,16-22,31,47H,12-15H2,1-4H3,(H,43,48)(H,42,44,45). The predicted molar refractivity (Wildman–Crippen MR) is 187 cm³/mol. The second kappa shape index (κ2) is 13.8. The lowest BCUT2D eigenvalue weighted by Crippen LogP contribution is -2.35. The lowest BCUT2D eigenvalue weighted by Gasteiger charge is -2.32. The van der Waals surface area contributed by atoms with Crippen LogP contribution < -0.4 is 20.3 Å². The van der Waals surface area contributed by atoms with E-state index in [0.717, 1.165) is 82.6 Å². The monoisotopic (exact) mass is 669 g/mol. The van der Waals surface area contributed by atoms with Crippen LogP contribution in [0.5, 0.6) is 5.75 Å². The molecule has 3 N–H and O–H groups in total. The van der Waals surface area contributed by atoms with Crippen LogP contribution in [0.1, 0.15) is 53.7 Å². The van der Waals surface area contributed by atoms with Crippen molar-refractivity contribution in [1.29, 1.82) is 0 Å². The summed E-state index contributed by atoms with van der Waals surface area (Å²) in [7, 11) is 0. The van der Waals surface area contributed by atoms with E-state index in [2.05, 4.69) is 20.5 Å². The number of halogens is 3. The van der Waals surface area contributed by atoms with Gasteiger partial charge in [-0.2, -0.15) is 13.2 Å². The Kier molecular flexibility index (Phi) is 9.47. The molecule has 49 heavy (non-hydrogen) atoms. The first-order valence-electron chi connectivity index (χ1n) is 16.2. The van der Waals surface area contributed by atoms with E-state index in [1.165, 1.54) is 12.1 Å². The maximum atomic E-state index is 13.2. The fraction of sp³-hybridized carbons (Fsp3) is 0.289. The van der Waals surface area contributed by atoms with Crippen LogP contribution in [0, 0.1) is 13.8 Å². The van der Waals surface area contributed by atoms with Gasteiger partial charge in [0.2, 0.25) is 5.95 Å². The van der Waals surface area contributed by atoms with Gasteiger partial charge in [-0.3, -0.25) is 4.79 Å². The second-order valence-corrected chi connectivity index (χ2v) is 12.7. The average Bonchev–Trinajstić information content (AvgIpc) is 3.06. The number of anilines is 4. The molecule has 254 valence electrons. The van der Waals surface area contributed by atoms with Crippen molar-refractivity contribution in [3.63, 3.8) is 0 Å². The molecule has 6 rings (SSSR count). The van der Waals surface area contributed by atoms with Crippen LogP contribution in [0.3, 0.4) is 0 Å². The van der Waals surface area contributed by atoms with E-state index in [0.29, 0.717) is 17.4 Å². The van der Waals surface area contributed by atoms with Gasteiger partial charge in [-0.1, -0.05) is 12.1 Å². The second-order valence-electron chi connectivity index (χ2n) is 12.7. The molecule has 0 atom stereocenters. The molecule has 0 bridgehead atoms. The first-order valence-corrected chi connectivity index (χ1v) is 16.2. The van der Waals surface area contributed by atoms with Crippen LogP contribution in [-0.4, -0.2) is 46.3 Å². The van der Waals surface area contributed by atoms with E-state index < -0.39 is 17.6 Å². The van der Waals surface area contributed by atoms with Crippen molar-refractivity contribution in [2.24, 2.45) is 0 Å². The highest BCUT2D eigenvalue weighted by atomic mass is 19.4. The van der Waals surface area contributed by atoms with Gasteiger partial charge >= 0.3 is 6.18 Å². The summed E-state index contributed by atoms with van der Waals surface area (Å²) in [5.41, 5.74) is 5.64. The number of aliphatic hydroxyl groups excluding tert-OH is 1. The third-order valence-electron chi connectivity index (χ3n) is 8.54. The number of amides is 1. The van der Waals surface area contributed by atoms with Gasteiger partial charge < -0.3 is 25.4 Å². The Morgan fingerprint density at radius 2 is 1.76 bits per heavy atom. The minimum Gasteiger partial charge on any atom is -0.489 e. The zero-order valence-corrected chi connectivity index (χ0v) is 27.7. The largest absolute Gasteiger partial charge is 0.489 e. The zero-order valence-electron chi connectivity index (χ0n) is 27.7. The first-order chi connectivity index (χ1) is 23.3. The van der Waals surface area contributed by atoms with Crippen LogP contribution in [0.25, 0.3) is 22.0 Å². The lowest BCUT2D eigenvalue weighted by atomic mass is 9.96. The van der Waals surface area contributed by atoms with Crippen molar-refractivity contribution in [3.8, 4) is 16.9 Å². The van der Waals surface area contributed by atoms with Crippen molar-refractivity contribution in [2.45, 2.75) is 58.9 Å². The minimum atomic E-state index is -4.54. The number of ether oxygens (including phenoxy) is 1. The summed E-state index contributed by atoms with van der Waals surface area (Å²) < 4.78 is 45.7. The highest BCUT2D eigenvalue weighted by Crippen LogP contribution is 2.35. The quantitative estimate of drug-likeness (QED) is 0.152. The molecule has 1 aromatic heterocycles. The number of aryl methyl sites for hydroxylation is 2. The molecule has 1 aliphatic rings. The fourth-order valence-corrected chi connectivity index (χ4v) is 6.00. The number of hydrogen-bond acceptors (Lipinski definition) is 7. The Hall–Kier alpha value is -5.16. The summed E-state index contributed by atoms with van der Waals surface area (Å²) >= 11 is 0. The molecular formula is C38H38F3N5O3. The Morgan fingerprint density at radius 1 is 0.980 bits per heavy atom. The van der Waals surface area contributed by atoms with Crippen molar-refractivity contribution < 1.29 is 27.8 Å². The smallest absolute Gasteiger partial charge is 0.416 e. The Labute approximate surface area is 283 Å². The number of nitrogens with one attached hydrogen (secondary N) is 2. The highest BCUT2D eigenvalue weighted by molar-refractivity contribution is 6.04. The maximum absolute atomic E-state index is 13.2. The Morgan fingerprint density at radius 3 is 2.49 bits per heavy atom. The van der Waals surface area contributed by atoms with Crippen molar-refractivity contribution in [3.05, 3.63) is 101 Å². The summed E-state index contributed by atoms with van der Waals surface area (Å²) in [5.74, 6) is 0.470. The topological polar surface area (TPSA) is 99.6 Å². The van der Waals surface area contributed by atoms with Gasteiger partial charge in [0.15, 0.2) is 0 Å². The van der Waals surface area contributed by atoms with Crippen LogP contribution in [0.2, 0.25) is 0 Å². The number of alkyl halides is 3. The first kappa shape index (κ1) is 33.7. The van der Waals surface area contributed by atoms with Crippen molar-refractivity contribution >= 4 is 39.8 Å². The number of carbonyl (C=O) groups is 1. The number of carbonyl (C=O) groups excluding carboxylic acids is 1. The van der Waals surface area contributed by atoms with E-state index >= 15 is 0 Å². The van der Waals surface area contributed by atoms with Gasteiger partial charge in [0.05, 0.1) is 29.0 Å². The summed E-state index contributed by atoms with van der Waals surface area (Å²) in [6.45, 7) is 9.43. The average molecular weight is 670 g/mol. The lowest BCUT2D eigenvalue weighted by molar-refractivity contribution is -0.137. The summed E-state index contributed by atoms with van der Waals surface area (Å²) in [6.07, 6.45) is -1.62. The van der Waals surface area contributed by atoms with E-state index in [-0.39, 0.29) is 17.8 Å². The number of benzene rings is 4. The highest BCUT2D eigenvalue weighted by Gasteiger charge is 2.31. The Balaban J connectivity index is 1.24. The van der Waals surface area contributed by atoms with E-state index in [4.69, 9.17) is 9.72 Å². The van der Waals surface area contributed by atoms with Gasteiger partial charge in [-0.05, 0) is 117 Å². The molecule has 1 amide bonds. The van der Waals surface area contributed by atoms with Crippen LogP contribution in [0.4, 0.5) is 36.2 Å². The van der Waals surface area contributed by atoms with Gasteiger partial charge in [-0.25, -0.2) is 9.97 Å². The van der Waals surface area contributed by atoms with Gasteiger partial charge in [0.25, 0.3) is 5.91 Å². The molecule has 8 nitrogen and oxygen atoms in total. The van der Waals surface area contributed by atoms with E-state index in [9.17, 15) is 23.1 Å². The third kappa shape index (κ3) is 7.78. The summed E-state index contributed by atoms with van der Waals surface area (Å²) in [6, 6.07) is 19.7. The molecule has 0 radical (unpaired) electrons. The van der Waals surface area contributed by atoms with Gasteiger partial charge in [0, 0.05) is 47.7 Å². The molecule has 2 heterocycles. The molecule has 1 fully saturated rings. The maximum Gasteiger partial charge on any atom is 0.416 e. The third-order valence-corrected chi connectivity index (χ3v) is 8.54. The van der Waals surface area contributed by atoms with Crippen molar-refractivity contribution in [2.75, 3.05) is 28.6 Å². The molecule has 5 aromatic rings. The number of rotatable bonds is 8. The summed E-state index contributed by atoms with van der Waals surface area (Å²) in [4.78, 5) is 24.6. The molecule has 0 spiro atoms.